The molecule has 0 fully saturated rings. The van der Waals surface area contributed by atoms with Gasteiger partial charge in [-0.3, -0.25) is 13.4 Å². The van der Waals surface area contributed by atoms with E-state index in [1.54, 1.807) is 55.5 Å². The fourth-order valence-electron chi connectivity index (χ4n) is 2.19. The summed E-state index contributed by atoms with van der Waals surface area (Å²) in [6.45, 7) is 5.11. The van der Waals surface area contributed by atoms with Gasteiger partial charge in [0, 0.05) is 0 Å². The number of hydrogen-bond donors (Lipinski definition) is 2. The van der Waals surface area contributed by atoms with Crippen LogP contribution < -0.4 is 10.5 Å². The molecule has 3 N–H and O–H groups in total. The van der Waals surface area contributed by atoms with Crippen LogP contribution in [0.1, 0.15) is 37.8 Å². The van der Waals surface area contributed by atoms with Gasteiger partial charge in [-0.2, -0.15) is 8.42 Å². The Labute approximate surface area is 201 Å². The lowest BCUT2D eigenvalue weighted by atomic mass is 10.1. The Morgan fingerprint density at radius 2 is 1.53 bits per heavy atom. The number of nitrogens with two attached hydrogens (primary N) is 1. The van der Waals surface area contributed by atoms with Crippen molar-refractivity contribution >= 4 is 16.1 Å². The molecule has 0 aliphatic rings. The topological polar surface area (TPSA) is 116 Å². The predicted molar refractivity (Wildman–Crippen MR) is 128 cm³/mol. The second-order valence-corrected chi connectivity index (χ2v) is 8.72. The molecular formula is C24H35F2NO6S. The lowest BCUT2D eigenvalue weighted by Gasteiger charge is -2.07. The van der Waals surface area contributed by atoms with Crippen molar-refractivity contribution < 1.29 is 36.0 Å². The third-order valence-electron chi connectivity index (χ3n) is 3.98. The molecule has 7 nitrogen and oxygen atoms in total. The maximum Gasteiger partial charge on any atom is 0.320 e. The minimum Gasteiger partial charge on any atom is -0.491 e. The van der Waals surface area contributed by atoms with Crippen LogP contribution in [0.2, 0.25) is 0 Å². The molecule has 0 aliphatic heterocycles. The highest BCUT2D eigenvalue weighted by atomic mass is 32.2. The van der Waals surface area contributed by atoms with E-state index in [4.69, 9.17) is 19.8 Å². The van der Waals surface area contributed by atoms with Crippen LogP contribution in [0.4, 0.5) is 8.78 Å². The summed E-state index contributed by atoms with van der Waals surface area (Å²) in [5.41, 5.74) is 7.22. The van der Waals surface area contributed by atoms with E-state index in [2.05, 4.69) is 0 Å². The average Bonchev–Trinajstić information content (AvgIpc) is 2.83. The van der Waals surface area contributed by atoms with Crippen LogP contribution in [0.15, 0.2) is 53.4 Å². The average molecular weight is 502 g/mol. The highest BCUT2D eigenvalue weighted by Crippen LogP contribution is 2.14. The van der Waals surface area contributed by atoms with Gasteiger partial charge >= 0.3 is 5.97 Å². The van der Waals surface area contributed by atoms with Gasteiger partial charge in [0.2, 0.25) is 0 Å². The van der Waals surface area contributed by atoms with Crippen LogP contribution in [0, 0.1) is 6.92 Å². The number of carboxylic acids is 1. The number of alkyl halides is 2. The fraction of sp³-hybridized carbons (Fsp3) is 0.458. The van der Waals surface area contributed by atoms with Gasteiger partial charge < -0.3 is 15.6 Å². The summed E-state index contributed by atoms with van der Waals surface area (Å²) in [5, 5.41) is 8.62. The lowest BCUT2D eigenvalue weighted by Crippen LogP contribution is -2.32. The molecular weight excluding hydrogens is 466 g/mol. The van der Waals surface area contributed by atoms with Crippen molar-refractivity contribution in [1.29, 1.82) is 0 Å². The normalized spacial score (nSPS) is 11.4. The van der Waals surface area contributed by atoms with Gasteiger partial charge in [0.1, 0.15) is 25.1 Å². The molecule has 0 amide bonds. The Morgan fingerprint density at radius 3 is 1.97 bits per heavy atom. The standard InChI is InChI=1S/C11H14FNO3.C10H14O3S.C3H7F/c12-5-6-16-9-3-1-8(2-4-9)7-10(13)11(14)15;1-3-8-13-14(11,12)10-6-4-9(2)5-7-10;1-2-3-4/h1-4,10H,5-7,13H2,(H,14,15);4-7H,3,8H2,1-2H3;2-3H2,1H3/t10-;;/m0../s1/i12-1;;4-1. The smallest absolute Gasteiger partial charge is 0.320 e. The molecule has 0 aromatic heterocycles. The molecule has 2 aromatic rings. The summed E-state index contributed by atoms with van der Waals surface area (Å²) in [7, 11) is -3.54. The van der Waals surface area contributed by atoms with Gasteiger partial charge in [-0.25, -0.2) is 4.39 Å². The molecule has 0 heterocycles. The van der Waals surface area contributed by atoms with Crippen LogP contribution in [0.5, 0.6) is 5.75 Å². The quantitative estimate of drug-likeness (QED) is 0.437. The Bertz CT molecular complexity index is 904. The zero-order valence-corrected chi connectivity index (χ0v) is 20.7. The van der Waals surface area contributed by atoms with Gasteiger partial charge in [0.05, 0.1) is 18.2 Å². The lowest BCUT2D eigenvalue weighted by molar-refractivity contribution is -0.138. The van der Waals surface area contributed by atoms with E-state index in [-0.39, 0.29) is 31.2 Å². The van der Waals surface area contributed by atoms with E-state index < -0.39 is 28.8 Å². The summed E-state index contributed by atoms with van der Waals surface area (Å²) in [6.07, 6.45) is 1.60. The maximum atomic E-state index is 11.8. The maximum absolute atomic E-state index is 11.8. The van der Waals surface area contributed by atoms with Gasteiger partial charge in [-0.15, -0.1) is 0 Å². The van der Waals surface area contributed by atoms with Crippen molar-refractivity contribution in [3.8, 4) is 5.75 Å². The number of carboxylic acid groups (broad SMARTS) is 1. The van der Waals surface area contributed by atoms with Crippen molar-refractivity contribution in [3.63, 3.8) is 0 Å². The zero-order valence-electron chi connectivity index (χ0n) is 19.9. The van der Waals surface area contributed by atoms with Crippen LogP contribution >= 0.6 is 0 Å². The Hall–Kier alpha value is -2.56. The van der Waals surface area contributed by atoms with E-state index >= 15 is 0 Å². The molecule has 0 spiro atoms. The second-order valence-electron chi connectivity index (χ2n) is 7.11. The van der Waals surface area contributed by atoms with Crippen LogP contribution in [-0.4, -0.2) is 52.1 Å². The monoisotopic (exact) mass is 501 g/mol. The molecule has 0 bridgehead atoms. The van der Waals surface area contributed by atoms with Gasteiger partial charge in [0.25, 0.3) is 10.1 Å². The van der Waals surface area contributed by atoms with Crippen molar-refractivity contribution in [1.82, 2.24) is 0 Å². The Balaban J connectivity index is 0.000000557. The minimum atomic E-state index is -3.54. The van der Waals surface area contributed by atoms with Gasteiger partial charge in [-0.05, 0) is 56.0 Å². The first kappa shape index (κ1) is 31.4. The third kappa shape index (κ3) is 13.9. The van der Waals surface area contributed by atoms with Gasteiger partial charge in [-0.1, -0.05) is 43.7 Å². The summed E-state index contributed by atoms with van der Waals surface area (Å²) >= 11 is 0. The number of ether oxygens (including phenoxy) is 1. The molecule has 0 saturated carbocycles. The first-order chi connectivity index (χ1) is 16.1. The number of aryl methyl sites for hydroxylation is 1. The molecule has 192 valence electrons. The number of halogens is 2. The summed E-state index contributed by atoms with van der Waals surface area (Å²) in [5.74, 6) is -0.469. The van der Waals surface area contributed by atoms with E-state index in [1.807, 2.05) is 13.8 Å². The molecule has 0 saturated heterocycles. The number of hydrogen-bond acceptors (Lipinski definition) is 6. The molecule has 2 rings (SSSR count). The molecule has 1 atom stereocenters. The highest BCUT2D eigenvalue weighted by Gasteiger charge is 2.13. The number of benzene rings is 2. The largest absolute Gasteiger partial charge is 0.491 e. The summed E-state index contributed by atoms with van der Waals surface area (Å²) in [4.78, 5) is 10.7. The first-order valence-electron chi connectivity index (χ1n) is 10.9. The zero-order chi connectivity index (χ0) is 26.0. The number of aliphatic carboxylic acids is 1. The van der Waals surface area contributed by atoms with E-state index in [0.717, 1.165) is 11.1 Å². The first-order valence-corrected chi connectivity index (χ1v) is 12.3. The van der Waals surface area contributed by atoms with E-state index in [1.165, 1.54) is 0 Å². The second kappa shape index (κ2) is 17.9. The molecule has 34 heavy (non-hydrogen) atoms. The molecule has 0 aliphatic carbocycles. The van der Waals surface area contributed by atoms with Crippen molar-refractivity contribution in [3.05, 3.63) is 59.7 Å². The predicted octanol–water partition coefficient (Wildman–Crippen LogP) is 4.47. The SMILES string of the molecule is CCCOS(=O)(=O)c1ccc(C)cc1.CCC[18F].N[C@@H](Cc1ccc(OCC[18F])cc1)C(=O)O. The summed E-state index contributed by atoms with van der Waals surface area (Å²) in [6, 6.07) is 12.5. The van der Waals surface area contributed by atoms with Crippen LogP contribution in [0.25, 0.3) is 0 Å². The van der Waals surface area contributed by atoms with Crippen LogP contribution in [0.3, 0.4) is 0 Å². The van der Waals surface area contributed by atoms with Crippen molar-refractivity contribution in [2.24, 2.45) is 5.73 Å². The molecule has 10 heteroatoms. The molecule has 2 aromatic carbocycles. The van der Waals surface area contributed by atoms with Crippen LogP contribution in [-0.2, 0) is 25.5 Å². The minimum absolute atomic E-state index is 0.0218. The molecule has 0 unspecified atom stereocenters. The van der Waals surface area contributed by atoms with E-state index in [0.29, 0.717) is 18.6 Å². The van der Waals surface area contributed by atoms with E-state index in [9.17, 15) is 22.0 Å². The highest BCUT2D eigenvalue weighted by molar-refractivity contribution is 7.86. The Morgan fingerprint density at radius 1 is 0.971 bits per heavy atom. The fourth-order valence-corrected chi connectivity index (χ4v) is 3.18. The van der Waals surface area contributed by atoms with Gasteiger partial charge in [0.15, 0.2) is 0 Å². The van der Waals surface area contributed by atoms with Crippen molar-refractivity contribution in [2.75, 3.05) is 26.6 Å². The Kier molecular flexibility index (Phi) is 16.5. The number of rotatable bonds is 11. The summed E-state index contributed by atoms with van der Waals surface area (Å²) < 4.78 is 55.3. The third-order valence-corrected chi connectivity index (χ3v) is 5.31. The number of carbonyl (C=O) groups is 1. The molecule has 0 radical (unpaired) electrons. The van der Waals surface area contributed by atoms with Crippen molar-refractivity contribution in [2.45, 2.75) is 51.0 Å².